The molecule has 1 N–H and O–H groups in total. The van der Waals surface area contributed by atoms with Crippen LogP contribution in [0.25, 0.3) is 0 Å². The highest BCUT2D eigenvalue weighted by Gasteiger charge is 2.26. The number of anilines is 1. The minimum Gasteiger partial charge on any atom is -0.480 e. The number of aromatic nitrogens is 2. The van der Waals surface area contributed by atoms with Gasteiger partial charge in [0.1, 0.15) is 6.54 Å². The van der Waals surface area contributed by atoms with E-state index >= 15 is 0 Å². The van der Waals surface area contributed by atoms with Crippen molar-refractivity contribution in [1.82, 2.24) is 14.5 Å². The van der Waals surface area contributed by atoms with Gasteiger partial charge in [0, 0.05) is 31.5 Å². The van der Waals surface area contributed by atoms with E-state index in [1.54, 1.807) is 17.0 Å². The number of carbonyl (C=O) groups is 1. The number of carboxylic acids is 1. The minimum absolute atomic E-state index is 0.199. The molecule has 1 aliphatic rings. The molecule has 0 saturated heterocycles. The lowest BCUT2D eigenvalue weighted by Crippen LogP contribution is -2.40. The molecule has 1 aromatic rings. The summed E-state index contributed by atoms with van der Waals surface area (Å²) in [5.74, 6) is -0.740. The normalized spacial score (nSPS) is 14.6. The van der Waals surface area contributed by atoms with E-state index in [1.807, 2.05) is 19.0 Å². The highest BCUT2D eigenvalue weighted by molar-refractivity contribution is 5.73. The van der Waals surface area contributed by atoms with Gasteiger partial charge in [0.2, 0.25) is 0 Å². The molecule has 1 saturated carbocycles. The van der Waals surface area contributed by atoms with E-state index in [1.165, 1.54) is 4.90 Å². The van der Waals surface area contributed by atoms with Gasteiger partial charge in [0.05, 0.1) is 0 Å². The van der Waals surface area contributed by atoms with Gasteiger partial charge < -0.3 is 19.5 Å². The number of nitrogens with zero attached hydrogens (tertiary/aromatic N) is 4. The Balaban J connectivity index is 2.25. The summed E-state index contributed by atoms with van der Waals surface area (Å²) in [6.07, 6.45) is 5.24. The second kappa shape index (κ2) is 6.04. The number of hydrogen-bond donors (Lipinski definition) is 1. The summed E-state index contributed by atoms with van der Waals surface area (Å²) in [6, 6.07) is 0.254. The van der Waals surface area contributed by atoms with Crippen LogP contribution in [0, 0.1) is 0 Å². The van der Waals surface area contributed by atoms with Crippen molar-refractivity contribution in [3.8, 4) is 0 Å². The van der Waals surface area contributed by atoms with Crippen molar-refractivity contribution in [1.29, 1.82) is 0 Å². The average Bonchev–Trinajstić information content (AvgIpc) is 3.18. The molecule has 1 aromatic heterocycles. The molecule has 0 atom stereocenters. The first-order valence-electron chi connectivity index (χ1n) is 6.67. The Morgan fingerprint density at radius 1 is 1.45 bits per heavy atom. The van der Waals surface area contributed by atoms with Crippen LogP contribution in [0.2, 0.25) is 0 Å². The van der Waals surface area contributed by atoms with Crippen LogP contribution in [0.5, 0.6) is 0 Å². The zero-order valence-electron chi connectivity index (χ0n) is 11.8. The first kappa shape index (κ1) is 14.5. The maximum atomic E-state index is 12.4. The lowest BCUT2D eigenvalue weighted by Gasteiger charge is -2.23. The fraction of sp³-hybridized carbons (Fsp3) is 0.615. The molecule has 0 radical (unpaired) electrons. The fourth-order valence-corrected chi connectivity index (χ4v) is 2.02. The van der Waals surface area contributed by atoms with Gasteiger partial charge in [-0.1, -0.05) is 0 Å². The van der Waals surface area contributed by atoms with Crippen LogP contribution in [-0.4, -0.2) is 59.3 Å². The van der Waals surface area contributed by atoms with E-state index in [-0.39, 0.29) is 24.0 Å². The second-order valence-corrected chi connectivity index (χ2v) is 5.31. The van der Waals surface area contributed by atoms with E-state index in [4.69, 9.17) is 5.11 Å². The number of carboxylic acid groups (broad SMARTS) is 1. The predicted octanol–water partition coefficient (Wildman–Crippen LogP) is 0.0308. The summed E-state index contributed by atoms with van der Waals surface area (Å²) < 4.78 is 1.66. The van der Waals surface area contributed by atoms with Crippen LogP contribution >= 0.6 is 0 Å². The molecule has 0 unspecified atom stereocenters. The van der Waals surface area contributed by atoms with Crippen molar-refractivity contribution < 1.29 is 9.90 Å². The average molecular weight is 280 g/mol. The summed E-state index contributed by atoms with van der Waals surface area (Å²) in [5, 5.41) is 9.00. The molecule has 2 rings (SSSR count). The first-order chi connectivity index (χ1) is 9.49. The van der Waals surface area contributed by atoms with Crippen molar-refractivity contribution in [2.75, 3.05) is 38.6 Å². The largest absolute Gasteiger partial charge is 0.480 e. The van der Waals surface area contributed by atoms with Gasteiger partial charge in [0.15, 0.2) is 5.82 Å². The Bertz CT molecular complexity index is 537. The Morgan fingerprint density at radius 2 is 2.15 bits per heavy atom. The molecule has 1 heterocycles. The molecule has 7 nitrogen and oxygen atoms in total. The van der Waals surface area contributed by atoms with Gasteiger partial charge in [-0.15, -0.1) is 0 Å². The van der Waals surface area contributed by atoms with Crippen LogP contribution in [0.3, 0.4) is 0 Å². The Labute approximate surface area is 117 Å². The lowest BCUT2D eigenvalue weighted by atomic mass is 10.4. The third kappa shape index (κ3) is 3.57. The number of rotatable bonds is 7. The molecule has 0 amide bonds. The van der Waals surface area contributed by atoms with Crippen LogP contribution in [0.4, 0.5) is 5.82 Å². The molecule has 0 aromatic carbocycles. The summed E-state index contributed by atoms with van der Waals surface area (Å²) in [4.78, 5) is 30.9. The van der Waals surface area contributed by atoms with Gasteiger partial charge >= 0.3 is 5.97 Å². The quantitative estimate of drug-likeness (QED) is 0.759. The Hall–Kier alpha value is -1.89. The molecule has 0 bridgehead atoms. The van der Waals surface area contributed by atoms with Crippen LogP contribution in [-0.2, 0) is 4.79 Å². The number of hydrogen-bond acceptors (Lipinski definition) is 5. The molecule has 20 heavy (non-hydrogen) atoms. The highest BCUT2D eigenvalue weighted by atomic mass is 16.4. The Kier molecular flexibility index (Phi) is 4.39. The maximum absolute atomic E-state index is 12.4. The number of aliphatic carboxylic acids is 1. The monoisotopic (exact) mass is 280 g/mol. The topological polar surface area (TPSA) is 78.7 Å². The van der Waals surface area contributed by atoms with Crippen molar-refractivity contribution in [3.05, 3.63) is 22.7 Å². The molecule has 1 aliphatic carbocycles. The summed E-state index contributed by atoms with van der Waals surface area (Å²) >= 11 is 0. The fourth-order valence-electron chi connectivity index (χ4n) is 2.02. The second-order valence-electron chi connectivity index (χ2n) is 5.31. The molecule has 0 aliphatic heterocycles. The molecule has 110 valence electrons. The third-order valence-corrected chi connectivity index (χ3v) is 3.23. The number of likely N-dealkylation sites (N-methyl/N-ethyl adjacent to an activating group) is 1. The standard InChI is InChI=1S/C13H20N4O3/c1-15(2)7-8-16(9-11(18)19)12-13(20)17(6-5-14-12)10-3-4-10/h5-6,10H,3-4,7-9H2,1-2H3,(H,18,19). The summed E-state index contributed by atoms with van der Waals surface area (Å²) in [5.41, 5.74) is -0.199. The van der Waals surface area contributed by atoms with Crippen molar-refractivity contribution >= 4 is 11.8 Å². The van der Waals surface area contributed by atoms with Gasteiger partial charge in [-0.3, -0.25) is 9.59 Å². The third-order valence-electron chi connectivity index (χ3n) is 3.23. The van der Waals surface area contributed by atoms with E-state index in [2.05, 4.69) is 4.98 Å². The first-order valence-corrected chi connectivity index (χ1v) is 6.67. The zero-order valence-corrected chi connectivity index (χ0v) is 11.8. The van der Waals surface area contributed by atoms with Gasteiger partial charge in [0.25, 0.3) is 5.56 Å². The zero-order chi connectivity index (χ0) is 14.7. The smallest absolute Gasteiger partial charge is 0.323 e. The van der Waals surface area contributed by atoms with E-state index in [0.717, 1.165) is 12.8 Å². The van der Waals surface area contributed by atoms with Gasteiger partial charge in [-0.25, -0.2) is 4.98 Å². The van der Waals surface area contributed by atoms with Gasteiger partial charge in [-0.05, 0) is 26.9 Å². The molecule has 0 spiro atoms. The van der Waals surface area contributed by atoms with Crippen LogP contribution in [0.1, 0.15) is 18.9 Å². The van der Waals surface area contributed by atoms with E-state index in [9.17, 15) is 9.59 Å². The highest BCUT2D eigenvalue weighted by Crippen LogP contribution is 2.33. The predicted molar refractivity (Wildman–Crippen MR) is 75.2 cm³/mol. The minimum atomic E-state index is -0.966. The van der Waals surface area contributed by atoms with E-state index < -0.39 is 5.97 Å². The summed E-state index contributed by atoms with van der Waals surface area (Å²) in [6.45, 7) is 0.897. The molecule has 1 fully saturated rings. The van der Waals surface area contributed by atoms with E-state index in [0.29, 0.717) is 13.1 Å². The molecule has 7 heteroatoms. The molecular weight excluding hydrogens is 260 g/mol. The van der Waals surface area contributed by atoms with Crippen molar-refractivity contribution in [2.45, 2.75) is 18.9 Å². The SMILES string of the molecule is CN(C)CCN(CC(=O)O)c1nccn(C2CC2)c1=O. The van der Waals surface area contributed by atoms with Crippen LogP contribution < -0.4 is 10.5 Å². The molecular formula is C13H20N4O3. The maximum Gasteiger partial charge on any atom is 0.323 e. The lowest BCUT2D eigenvalue weighted by molar-refractivity contribution is -0.135. The van der Waals surface area contributed by atoms with Gasteiger partial charge in [-0.2, -0.15) is 0 Å². The Morgan fingerprint density at radius 3 is 2.70 bits per heavy atom. The summed E-state index contributed by atoms with van der Waals surface area (Å²) in [7, 11) is 3.81. The van der Waals surface area contributed by atoms with Crippen LogP contribution in [0.15, 0.2) is 17.2 Å². The van der Waals surface area contributed by atoms with Crippen molar-refractivity contribution in [3.63, 3.8) is 0 Å². The van der Waals surface area contributed by atoms with Crippen molar-refractivity contribution in [2.24, 2.45) is 0 Å².